The molecule has 6 rings (SSSR count). The van der Waals surface area contributed by atoms with Gasteiger partial charge in [0.25, 0.3) is 0 Å². The number of benzene rings is 2. The molecule has 10 heteroatoms. The Kier molecular flexibility index (Phi) is 8.56. The van der Waals surface area contributed by atoms with Crippen LogP contribution in [0.4, 0.5) is 0 Å². The van der Waals surface area contributed by atoms with Gasteiger partial charge in [0, 0.05) is 41.9 Å². The molecule has 222 valence electrons. The van der Waals surface area contributed by atoms with Crippen LogP contribution < -0.4 is 4.74 Å². The number of pyridine rings is 1. The first kappa shape index (κ1) is 29.0. The molecule has 0 radical (unpaired) electrons. The summed E-state index contributed by atoms with van der Waals surface area (Å²) in [4.78, 5) is 35.8. The summed E-state index contributed by atoms with van der Waals surface area (Å²) >= 11 is 6.36. The Balaban J connectivity index is 1.14. The third kappa shape index (κ3) is 6.49. The van der Waals surface area contributed by atoms with Crippen LogP contribution in [0.25, 0.3) is 16.6 Å². The van der Waals surface area contributed by atoms with Crippen LogP contribution >= 0.6 is 11.6 Å². The summed E-state index contributed by atoms with van der Waals surface area (Å²) in [6, 6.07) is 16.5. The number of ether oxygens (including phenoxy) is 3. The van der Waals surface area contributed by atoms with E-state index in [1.165, 1.54) is 19.6 Å². The predicted octanol–water partition coefficient (Wildman–Crippen LogP) is 5.73. The van der Waals surface area contributed by atoms with Gasteiger partial charge >= 0.3 is 5.97 Å². The highest BCUT2D eigenvalue weighted by Gasteiger charge is 2.24. The van der Waals surface area contributed by atoms with Gasteiger partial charge in [-0.2, -0.15) is 0 Å². The average Bonchev–Trinajstić information content (AvgIpc) is 3.34. The van der Waals surface area contributed by atoms with Crippen molar-refractivity contribution in [1.29, 1.82) is 0 Å². The van der Waals surface area contributed by atoms with E-state index in [1.807, 2.05) is 36.4 Å². The summed E-state index contributed by atoms with van der Waals surface area (Å²) in [5.74, 6) is 1.08. The summed E-state index contributed by atoms with van der Waals surface area (Å²) in [5.41, 5.74) is 5.71. The molecule has 1 saturated heterocycles. The molecule has 1 fully saturated rings. The Labute approximate surface area is 255 Å². The first-order valence-corrected chi connectivity index (χ1v) is 14.8. The number of fused-ring (bicyclic) bond motifs is 1. The molecule has 0 spiro atoms. The van der Waals surface area contributed by atoms with Crippen LogP contribution in [-0.2, 0) is 29.2 Å². The lowest BCUT2D eigenvalue weighted by Gasteiger charge is -2.29. The van der Waals surface area contributed by atoms with Crippen LogP contribution in [0.5, 0.6) is 5.88 Å². The number of hydrogen-bond donors (Lipinski definition) is 0. The molecule has 0 aliphatic carbocycles. The fourth-order valence-corrected chi connectivity index (χ4v) is 5.61. The van der Waals surface area contributed by atoms with Crippen molar-refractivity contribution in [2.45, 2.75) is 45.6 Å². The number of carbonyl (C=O) groups is 2. The van der Waals surface area contributed by atoms with Gasteiger partial charge in [-0.1, -0.05) is 35.9 Å². The summed E-state index contributed by atoms with van der Waals surface area (Å²) in [6.45, 7) is 5.55. The van der Waals surface area contributed by atoms with Crippen LogP contribution in [0, 0.1) is 0 Å². The van der Waals surface area contributed by atoms with Crippen molar-refractivity contribution in [1.82, 2.24) is 19.4 Å². The van der Waals surface area contributed by atoms with Gasteiger partial charge < -0.3 is 18.8 Å². The number of aromatic nitrogens is 3. The zero-order valence-electron chi connectivity index (χ0n) is 24.2. The molecule has 0 N–H and O–H groups in total. The molecular weight excluding hydrogens is 568 g/mol. The third-order valence-electron chi connectivity index (χ3n) is 7.97. The molecule has 2 aliphatic heterocycles. The lowest BCUT2D eigenvalue weighted by Crippen LogP contribution is -2.33. The highest BCUT2D eigenvalue weighted by molar-refractivity contribution is 6.31. The van der Waals surface area contributed by atoms with E-state index in [-0.39, 0.29) is 24.5 Å². The largest absolute Gasteiger partial charge is 0.473 e. The highest BCUT2D eigenvalue weighted by atomic mass is 35.5. The smallest absolute Gasteiger partial charge is 0.337 e. The van der Waals surface area contributed by atoms with Crippen molar-refractivity contribution in [2.24, 2.45) is 0 Å². The number of methoxy groups -OCH3 is 1. The second kappa shape index (κ2) is 12.7. The minimum absolute atomic E-state index is 0.0285. The first-order chi connectivity index (χ1) is 20.9. The predicted molar refractivity (Wildman–Crippen MR) is 163 cm³/mol. The molecule has 4 aromatic rings. The summed E-state index contributed by atoms with van der Waals surface area (Å²) < 4.78 is 18.8. The van der Waals surface area contributed by atoms with Crippen LogP contribution in [0.3, 0.4) is 0 Å². The number of carbonyl (C=O) groups excluding carboxylic acids is 2. The van der Waals surface area contributed by atoms with Crippen LogP contribution in [0.15, 0.2) is 60.7 Å². The number of hydrogen-bond acceptors (Lipinski definition) is 8. The number of halogens is 1. The van der Waals surface area contributed by atoms with E-state index in [1.54, 1.807) is 18.2 Å². The van der Waals surface area contributed by atoms with E-state index in [2.05, 4.69) is 15.5 Å². The first-order valence-electron chi connectivity index (χ1n) is 14.4. The van der Waals surface area contributed by atoms with Gasteiger partial charge in [-0.05, 0) is 55.7 Å². The molecular formula is C33H33ClN4O5. The number of nitrogens with zero attached hydrogens (tertiary/aromatic N) is 4. The van der Waals surface area contributed by atoms with Crippen molar-refractivity contribution in [2.75, 3.05) is 26.8 Å². The van der Waals surface area contributed by atoms with Gasteiger partial charge in [-0.3, -0.25) is 9.69 Å². The van der Waals surface area contributed by atoms with Gasteiger partial charge in [-0.15, -0.1) is 0 Å². The van der Waals surface area contributed by atoms with Crippen LogP contribution in [-0.4, -0.2) is 64.1 Å². The van der Waals surface area contributed by atoms with Gasteiger partial charge in [-0.25, -0.2) is 14.8 Å². The Morgan fingerprint density at radius 3 is 2.63 bits per heavy atom. The number of esters is 1. The molecule has 2 aromatic heterocycles. The molecule has 9 nitrogen and oxygen atoms in total. The summed E-state index contributed by atoms with van der Waals surface area (Å²) in [7, 11) is 1.39. The molecule has 0 saturated carbocycles. The molecule has 1 unspecified atom stereocenters. The van der Waals surface area contributed by atoms with Gasteiger partial charge in [0.1, 0.15) is 12.4 Å². The van der Waals surface area contributed by atoms with E-state index in [0.29, 0.717) is 35.1 Å². The standard InChI is InChI=1S/C33H33ClN4O5/c1-21(39)23-6-7-25(27(34)16-23)20-43-32-5-3-4-28(36-32)22-10-13-37(14-11-22)19-31-35-29-9-8-24(33(40)41-2)17-30(29)38(31)18-26-12-15-42-26/h3-10,16-17,26H,11-15,18-20H2,1-2H3. The van der Waals surface area contributed by atoms with Crippen molar-refractivity contribution in [3.63, 3.8) is 0 Å². The second-order valence-corrected chi connectivity index (χ2v) is 11.2. The van der Waals surface area contributed by atoms with Crippen molar-refractivity contribution in [3.8, 4) is 5.88 Å². The Morgan fingerprint density at radius 2 is 1.93 bits per heavy atom. The number of imidazole rings is 1. The van der Waals surface area contributed by atoms with Gasteiger partial charge in [0.15, 0.2) is 5.78 Å². The molecule has 4 heterocycles. The molecule has 1 atom stereocenters. The van der Waals surface area contributed by atoms with Crippen LogP contribution in [0.1, 0.15) is 57.6 Å². The maximum atomic E-state index is 12.2. The number of Topliss-reactive ketones (excluding diaryl/α,β-unsaturated/α-hetero) is 1. The van der Waals surface area contributed by atoms with Gasteiger partial charge in [0.2, 0.25) is 5.88 Å². The fraction of sp³-hybridized carbons (Fsp3) is 0.333. The lowest BCUT2D eigenvalue weighted by molar-refractivity contribution is -0.0591. The average molecular weight is 601 g/mol. The molecule has 0 amide bonds. The maximum Gasteiger partial charge on any atom is 0.337 e. The SMILES string of the molecule is COC(=O)c1ccc2nc(CN3CC=C(c4cccc(OCc5ccc(C(C)=O)cc5Cl)n4)CC3)n(CC3CCO3)c2c1. The normalized spacial score (nSPS) is 16.9. The highest BCUT2D eigenvalue weighted by Crippen LogP contribution is 2.27. The van der Waals surface area contributed by atoms with Gasteiger partial charge in [0.05, 0.1) is 48.6 Å². The second-order valence-electron chi connectivity index (χ2n) is 10.8. The van der Waals surface area contributed by atoms with E-state index in [4.69, 9.17) is 35.8 Å². The lowest BCUT2D eigenvalue weighted by atomic mass is 10.0. The zero-order chi connectivity index (χ0) is 29.9. The monoisotopic (exact) mass is 600 g/mol. The molecule has 0 bridgehead atoms. The number of rotatable bonds is 10. The Morgan fingerprint density at radius 1 is 1.09 bits per heavy atom. The van der Waals surface area contributed by atoms with E-state index in [0.717, 1.165) is 60.7 Å². The minimum Gasteiger partial charge on any atom is -0.473 e. The zero-order valence-corrected chi connectivity index (χ0v) is 25.0. The Hall–Kier alpha value is -4.05. The third-order valence-corrected chi connectivity index (χ3v) is 8.33. The Bertz CT molecular complexity index is 1710. The molecule has 2 aromatic carbocycles. The summed E-state index contributed by atoms with van der Waals surface area (Å²) in [6.07, 6.45) is 4.22. The minimum atomic E-state index is -0.361. The van der Waals surface area contributed by atoms with Crippen molar-refractivity contribution in [3.05, 3.63) is 93.9 Å². The quantitative estimate of drug-likeness (QED) is 0.168. The maximum absolute atomic E-state index is 12.2. The molecule has 43 heavy (non-hydrogen) atoms. The van der Waals surface area contributed by atoms with Crippen molar-refractivity contribution < 1.29 is 23.8 Å². The van der Waals surface area contributed by atoms with Crippen LogP contribution in [0.2, 0.25) is 5.02 Å². The number of ketones is 1. The fourth-order valence-electron chi connectivity index (χ4n) is 5.37. The topological polar surface area (TPSA) is 95.8 Å². The van der Waals surface area contributed by atoms with Crippen molar-refractivity contribution >= 4 is 40.0 Å². The van der Waals surface area contributed by atoms with E-state index < -0.39 is 0 Å². The molecule has 2 aliphatic rings. The van der Waals surface area contributed by atoms with E-state index >= 15 is 0 Å². The summed E-state index contributed by atoms with van der Waals surface area (Å²) in [5, 5.41) is 0.497. The van der Waals surface area contributed by atoms with E-state index in [9.17, 15) is 9.59 Å².